The Balaban J connectivity index is 1.32. The molecule has 0 aliphatic rings. The zero-order valence-corrected chi connectivity index (χ0v) is 26.2. The van der Waals surface area contributed by atoms with E-state index < -0.39 is 0 Å². The van der Waals surface area contributed by atoms with Crippen LogP contribution in [0.1, 0.15) is 0 Å². The molecule has 0 atom stereocenters. The molecule has 49 heavy (non-hydrogen) atoms. The third-order valence-electron chi connectivity index (χ3n) is 10.1. The van der Waals surface area contributed by atoms with Crippen molar-refractivity contribution in [1.29, 1.82) is 0 Å². The Morgan fingerprint density at radius 2 is 0.837 bits per heavy atom. The average Bonchev–Trinajstić information content (AvgIpc) is 3.85. The van der Waals surface area contributed by atoms with E-state index in [4.69, 9.17) is 13.3 Å². The van der Waals surface area contributed by atoms with Crippen molar-refractivity contribution in [3.05, 3.63) is 158 Å². The standard InChI is InChI=1S/C46H26O3/c1-2-13-27(14-3-1)40-44-39(26-25-33-28-15-8-10-22-36(28)48-45(33)44)49-46(40)43-31-18-6-4-16-29(31)41(30-17-5-7-19-32(30)43)35-21-12-24-38-42(35)34-20-9-11-23-37(34)47-38/h1-26H. The predicted molar refractivity (Wildman–Crippen MR) is 202 cm³/mol. The normalized spacial score (nSPS) is 12.1. The number of para-hydroxylation sites is 2. The van der Waals surface area contributed by atoms with E-state index in [2.05, 4.69) is 133 Å². The van der Waals surface area contributed by atoms with Gasteiger partial charge in [-0.2, -0.15) is 0 Å². The van der Waals surface area contributed by atoms with Gasteiger partial charge in [-0.15, -0.1) is 0 Å². The summed E-state index contributed by atoms with van der Waals surface area (Å²) in [6.45, 7) is 0. The third kappa shape index (κ3) is 3.67. The zero-order valence-electron chi connectivity index (χ0n) is 26.2. The number of rotatable bonds is 3. The van der Waals surface area contributed by atoms with Gasteiger partial charge in [0.2, 0.25) is 0 Å². The van der Waals surface area contributed by atoms with E-state index >= 15 is 0 Å². The Bertz CT molecular complexity index is 3040. The largest absolute Gasteiger partial charge is 0.456 e. The van der Waals surface area contributed by atoms with Crippen LogP contribution in [0.5, 0.6) is 0 Å². The van der Waals surface area contributed by atoms with Crippen LogP contribution in [0.25, 0.3) is 110 Å². The fraction of sp³-hybridized carbons (Fsp3) is 0. The van der Waals surface area contributed by atoms with Crippen molar-refractivity contribution in [1.82, 2.24) is 0 Å². The SMILES string of the molecule is c1ccc(-c2c(-c3c4ccccc4c(-c4cccc5oc6ccccc6c45)c4ccccc34)oc3ccc4c5ccccc5oc4c23)cc1. The summed E-state index contributed by atoms with van der Waals surface area (Å²) in [5.41, 5.74) is 9.80. The first-order valence-electron chi connectivity index (χ1n) is 16.6. The van der Waals surface area contributed by atoms with Gasteiger partial charge in [-0.05, 0) is 68.6 Å². The molecule has 3 heteroatoms. The summed E-state index contributed by atoms with van der Waals surface area (Å²) in [4.78, 5) is 0. The Morgan fingerprint density at radius 1 is 0.286 bits per heavy atom. The molecule has 0 fully saturated rings. The summed E-state index contributed by atoms with van der Waals surface area (Å²) in [7, 11) is 0. The topological polar surface area (TPSA) is 39.4 Å². The Labute approximate surface area is 280 Å². The maximum atomic E-state index is 7.05. The molecule has 0 aliphatic heterocycles. The first-order valence-corrected chi connectivity index (χ1v) is 16.6. The van der Waals surface area contributed by atoms with E-state index in [1.807, 2.05) is 24.3 Å². The van der Waals surface area contributed by atoms with Gasteiger partial charge in [0.1, 0.15) is 33.7 Å². The summed E-state index contributed by atoms with van der Waals surface area (Å²) in [5.74, 6) is 0.833. The Morgan fingerprint density at radius 3 is 1.55 bits per heavy atom. The first kappa shape index (κ1) is 26.5. The average molecular weight is 627 g/mol. The number of hydrogen-bond donors (Lipinski definition) is 0. The number of benzene rings is 8. The molecule has 0 saturated heterocycles. The second-order valence-corrected chi connectivity index (χ2v) is 12.7. The molecular formula is C46H26O3. The maximum absolute atomic E-state index is 7.05. The highest BCUT2D eigenvalue weighted by Crippen LogP contribution is 2.52. The van der Waals surface area contributed by atoms with Gasteiger partial charge in [0.05, 0.1) is 5.39 Å². The summed E-state index contributed by atoms with van der Waals surface area (Å²) < 4.78 is 20.0. The van der Waals surface area contributed by atoms with Crippen LogP contribution in [0.3, 0.4) is 0 Å². The Hall–Kier alpha value is -6.58. The molecular weight excluding hydrogens is 601 g/mol. The van der Waals surface area contributed by atoms with E-state index in [0.717, 1.165) is 104 Å². The highest BCUT2D eigenvalue weighted by molar-refractivity contribution is 6.28. The van der Waals surface area contributed by atoms with E-state index in [1.165, 1.54) is 5.56 Å². The molecule has 11 aromatic rings. The van der Waals surface area contributed by atoms with Crippen LogP contribution in [0.4, 0.5) is 0 Å². The molecule has 0 spiro atoms. The van der Waals surface area contributed by atoms with Gasteiger partial charge in [-0.3, -0.25) is 0 Å². The van der Waals surface area contributed by atoms with Gasteiger partial charge in [-0.1, -0.05) is 127 Å². The molecule has 3 aromatic heterocycles. The van der Waals surface area contributed by atoms with Crippen LogP contribution in [0.15, 0.2) is 171 Å². The van der Waals surface area contributed by atoms with Crippen LogP contribution < -0.4 is 0 Å². The molecule has 0 bridgehead atoms. The molecule has 11 rings (SSSR count). The third-order valence-corrected chi connectivity index (χ3v) is 10.1. The molecule has 0 aliphatic carbocycles. The number of furan rings is 3. The number of hydrogen-bond acceptors (Lipinski definition) is 3. The second-order valence-electron chi connectivity index (χ2n) is 12.7. The van der Waals surface area contributed by atoms with Crippen molar-refractivity contribution in [2.24, 2.45) is 0 Å². The van der Waals surface area contributed by atoms with Gasteiger partial charge in [-0.25, -0.2) is 0 Å². The summed E-state index contributed by atoms with van der Waals surface area (Å²) >= 11 is 0. The fourth-order valence-corrected chi connectivity index (χ4v) is 8.07. The van der Waals surface area contributed by atoms with Crippen molar-refractivity contribution in [3.8, 4) is 33.6 Å². The van der Waals surface area contributed by atoms with Gasteiger partial charge in [0.15, 0.2) is 0 Å². The van der Waals surface area contributed by atoms with Crippen molar-refractivity contribution in [2.45, 2.75) is 0 Å². The van der Waals surface area contributed by atoms with Crippen LogP contribution in [0.2, 0.25) is 0 Å². The van der Waals surface area contributed by atoms with Crippen LogP contribution in [0, 0.1) is 0 Å². The fourth-order valence-electron chi connectivity index (χ4n) is 8.07. The minimum Gasteiger partial charge on any atom is -0.456 e. The van der Waals surface area contributed by atoms with Crippen molar-refractivity contribution in [2.75, 3.05) is 0 Å². The molecule has 3 nitrogen and oxygen atoms in total. The minimum absolute atomic E-state index is 0.798. The molecule has 0 amide bonds. The van der Waals surface area contributed by atoms with Crippen molar-refractivity contribution < 1.29 is 13.3 Å². The van der Waals surface area contributed by atoms with Gasteiger partial charge in [0, 0.05) is 32.7 Å². The minimum atomic E-state index is 0.798. The molecule has 3 heterocycles. The molecule has 228 valence electrons. The van der Waals surface area contributed by atoms with E-state index in [9.17, 15) is 0 Å². The van der Waals surface area contributed by atoms with Crippen molar-refractivity contribution in [3.63, 3.8) is 0 Å². The Kier molecular flexibility index (Phi) is 5.38. The lowest BCUT2D eigenvalue weighted by Crippen LogP contribution is -1.91. The summed E-state index contributed by atoms with van der Waals surface area (Å²) in [5, 5.41) is 9.97. The van der Waals surface area contributed by atoms with Gasteiger partial charge >= 0.3 is 0 Å². The molecule has 0 saturated carbocycles. The predicted octanol–water partition coefficient (Wildman–Crippen LogP) is 13.5. The van der Waals surface area contributed by atoms with Crippen LogP contribution in [-0.2, 0) is 0 Å². The smallest absolute Gasteiger partial charge is 0.147 e. The van der Waals surface area contributed by atoms with Gasteiger partial charge < -0.3 is 13.3 Å². The zero-order chi connectivity index (χ0) is 32.1. The lowest BCUT2D eigenvalue weighted by atomic mass is 9.85. The second kappa shape index (κ2) is 9.96. The van der Waals surface area contributed by atoms with E-state index in [1.54, 1.807) is 0 Å². The number of fused-ring (bicyclic) bond motifs is 10. The van der Waals surface area contributed by atoms with E-state index in [0.29, 0.717) is 0 Å². The molecule has 0 unspecified atom stereocenters. The highest BCUT2D eigenvalue weighted by atomic mass is 16.3. The van der Waals surface area contributed by atoms with Crippen LogP contribution in [-0.4, -0.2) is 0 Å². The van der Waals surface area contributed by atoms with E-state index in [-0.39, 0.29) is 0 Å². The highest BCUT2D eigenvalue weighted by Gasteiger charge is 2.27. The molecule has 0 N–H and O–H groups in total. The summed E-state index contributed by atoms with van der Waals surface area (Å²) in [6.07, 6.45) is 0. The lowest BCUT2D eigenvalue weighted by molar-refractivity contribution is 0.633. The molecule has 0 radical (unpaired) electrons. The van der Waals surface area contributed by atoms with Crippen molar-refractivity contribution >= 4 is 76.4 Å². The first-order chi connectivity index (χ1) is 24.3. The van der Waals surface area contributed by atoms with Gasteiger partial charge in [0.25, 0.3) is 0 Å². The monoisotopic (exact) mass is 626 g/mol. The van der Waals surface area contributed by atoms with Crippen LogP contribution >= 0.6 is 0 Å². The summed E-state index contributed by atoms with van der Waals surface area (Å²) in [6, 6.07) is 55.2. The molecule has 8 aromatic carbocycles. The maximum Gasteiger partial charge on any atom is 0.147 e. The lowest BCUT2D eigenvalue weighted by Gasteiger charge is -2.18. The quantitative estimate of drug-likeness (QED) is 0.183.